The van der Waals surface area contributed by atoms with Crippen LogP contribution in [0.4, 0.5) is 0 Å². The van der Waals surface area contributed by atoms with Gasteiger partial charge in [-0.3, -0.25) is 4.55 Å². The van der Waals surface area contributed by atoms with Gasteiger partial charge in [0.25, 0.3) is 10.1 Å². The van der Waals surface area contributed by atoms with Crippen molar-refractivity contribution in [1.82, 2.24) is 0 Å². The van der Waals surface area contributed by atoms with Crippen molar-refractivity contribution >= 4 is 17.9 Å². The molecule has 0 aromatic heterocycles. The van der Waals surface area contributed by atoms with E-state index in [4.69, 9.17) is 29.5 Å². The van der Waals surface area contributed by atoms with Crippen LogP contribution in [0.2, 0.25) is 0 Å². The molecule has 1 unspecified atom stereocenters. The molecule has 15 heavy (non-hydrogen) atoms. The van der Waals surface area contributed by atoms with Gasteiger partial charge in [-0.15, -0.1) is 6.58 Å². The van der Waals surface area contributed by atoms with Gasteiger partial charge in [-0.2, -0.15) is 8.42 Å². The van der Waals surface area contributed by atoms with Crippen LogP contribution in [0, 0.1) is 0 Å². The van der Waals surface area contributed by atoms with Gasteiger partial charge in [-0.1, -0.05) is 6.08 Å². The summed E-state index contributed by atoms with van der Waals surface area (Å²) in [6.07, 6.45) is 1.60. The third-order valence-corrected chi connectivity index (χ3v) is 2.34. The van der Waals surface area contributed by atoms with Crippen LogP contribution in [-0.2, 0) is 14.7 Å². The molecule has 8 nitrogen and oxygen atoms in total. The highest BCUT2D eigenvalue weighted by molar-refractivity contribution is 7.86. The molecule has 0 aromatic carbocycles. The summed E-state index contributed by atoms with van der Waals surface area (Å²) in [5.74, 6) is 0. The molecule has 1 atom stereocenters. The number of hydrogen-bond acceptors (Lipinski definition) is 4. The second-order valence-electron chi connectivity index (χ2n) is 2.41. The second-order valence-corrected chi connectivity index (χ2v) is 5.13. The fraction of sp³-hybridized carbons (Fsp3) is 0.600. The molecule has 0 saturated heterocycles. The largest absolute Gasteiger partial charge is 0.466 e. The highest BCUT2D eigenvalue weighted by Gasteiger charge is 2.18. The van der Waals surface area contributed by atoms with Crippen LogP contribution in [0.3, 0.4) is 0 Å². The molecular weight excluding hydrogens is 249 g/mol. The van der Waals surface area contributed by atoms with Crippen molar-refractivity contribution in [3.05, 3.63) is 12.7 Å². The van der Waals surface area contributed by atoms with Gasteiger partial charge in [0.05, 0.1) is 0 Å². The van der Waals surface area contributed by atoms with Crippen LogP contribution in [0.15, 0.2) is 12.7 Å². The van der Waals surface area contributed by atoms with Gasteiger partial charge in [0.2, 0.25) is 0 Å². The van der Waals surface area contributed by atoms with Gasteiger partial charge in [-0.25, -0.2) is 4.57 Å². The van der Waals surface area contributed by atoms with E-state index in [1.807, 2.05) is 0 Å². The first-order valence-corrected chi connectivity index (χ1v) is 6.64. The fourth-order valence-corrected chi connectivity index (χ4v) is 1.15. The van der Waals surface area contributed by atoms with E-state index in [-0.39, 0.29) is 13.0 Å². The first kappa shape index (κ1) is 17.1. The summed E-state index contributed by atoms with van der Waals surface area (Å²) in [4.78, 5) is 21.6. The third-order valence-electron chi connectivity index (χ3n) is 1.11. The summed E-state index contributed by atoms with van der Waals surface area (Å²) in [6.45, 7) is 3.25. The minimum Gasteiger partial charge on any atom is -0.329 e. The standard InChI is InChI=1S/C5H11NO3S.H3O4P/c1-2-3-5(4-6)10(7,8)9;1-5(2,3)4/h2,5H,1,3-4,6H2,(H,7,8,9);(H3,1,2,3,4). The number of hydrogen-bond donors (Lipinski definition) is 5. The molecule has 0 aliphatic carbocycles. The Morgan fingerprint density at radius 1 is 1.40 bits per heavy atom. The highest BCUT2D eigenvalue weighted by atomic mass is 32.2. The molecule has 10 heteroatoms. The SMILES string of the molecule is C=CCC(CN)S(=O)(=O)O.O=P(O)(O)O. The van der Waals surface area contributed by atoms with Gasteiger partial charge in [0.15, 0.2) is 0 Å². The summed E-state index contributed by atoms with van der Waals surface area (Å²) < 4.78 is 38.1. The molecule has 6 N–H and O–H groups in total. The van der Waals surface area contributed by atoms with Crippen molar-refractivity contribution in [2.24, 2.45) is 5.73 Å². The van der Waals surface area contributed by atoms with Crippen LogP contribution < -0.4 is 5.73 Å². The van der Waals surface area contributed by atoms with Gasteiger partial charge < -0.3 is 20.4 Å². The molecule has 0 aliphatic rings. The van der Waals surface area contributed by atoms with Crippen LogP contribution in [0.5, 0.6) is 0 Å². The number of phosphoric acid groups is 1. The maximum Gasteiger partial charge on any atom is 0.466 e. The van der Waals surface area contributed by atoms with Gasteiger partial charge in [0, 0.05) is 6.54 Å². The normalized spacial score (nSPS) is 13.7. The van der Waals surface area contributed by atoms with E-state index < -0.39 is 23.2 Å². The van der Waals surface area contributed by atoms with E-state index in [0.717, 1.165) is 0 Å². The lowest BCUT2D eigenvalue weighted by molar-refractivity contribution is 0.275. The van der Waals surface area contributed by atoms with E-state index in [2.05, 4.69) is 6.58 Å². The Morgan fingerprint density at radius 2 is 1.73 bits per heavy atom. The number of nitrogens with two attached hydrogens (primary N) is 1. The zero-order valence-corrected chi connectivity index (χ0v) is 9.43. The summed E-state index contributed by atoms with van der Waals surface area (Å²) in [5.41, 5.74) is 5.06. The molecule has 0 rings (SSSR count). The van der Waals surface area contributed by atoms with E-state index >= 15 is 0 Å². The molecule has 0 spiro atoms. The van der Waals surface area contributed by atoms with Gasteiger partial charge >= 0.3 is 7.82 Å². The Labute approximate surface area is 87.4 Å². The Kier molecular flexibility index (Phi) is 8.07. The predicted molar refractivity (Wildman–Crippen MR) is 53.5 cm³/mol. The Balaban J connectivity index is 0. The number of rotatable bonds is 4. The molecule has 92 valence electrons. The molecular formula is C5H14NO7PS. The predicted octanol–water partition coefficient (Wildman–Crippen LogP) is -1.15. The molecule has 0 radical (unpaired) electrons. The number of allylic oxidation sites excluding steroid dienone is 1. The maximum atomic E-state index is 10.4. The average Bonchev–Trinajstić information content (AvgIpc) is 1.94. The van der Waals surface area contributed by atoms with E-state index in [9.17, 15) is 8.42 Å². The van der Waals surface area contributed by atoms with E-state index in [1.54, 1.807) is 0 Å². The first-order chi connectivity index (χ1) is 6.52. The van der Waals surface area contributed by atoms with Gasteiger partial charge in [-0.05, 0) is 6.42 Å². The quantitative estimate of drug-likeness (QED) is 0.241. The highest BCUT2D eigenvalue weighted by Crippen LogP contribution is 2.25. The average molecular weight is 263 g/mol. The van der Waals surface area contributed by atoms with Crippen LogP contribution >= 0.6 is 7.82 Å². The third kappa shape index (κ3) is 16.4. The second kappa shape index (κ2) is 7.07. The monoisotopic (exact) mass is 263 g/mol. The molecule has 0 heterocycles. The van der Waals surface area contributed by atoms with Crippen molar-refractivity contribution in [2.75, 3.05) is 6.54 Å². The van der Waals surface area contributed by atoms with Crippen LogP contribution in [-0.4, -0.2) is 39.4 Å². The zero-order chi connectivity index (χ0) is 12.7. The molecule has 0 aromatic rings. The maximum absolute atomic E-state index is 10.4. The Bertz CT molecular complexity index is 312. The lowest BCUT2D eigenvalue weighted by Crippen LogP contribution is -2.28. The van der Waals surface area contributed by atoms with Crippen LogP contribution in [0.1, 0.15) is 6.42 Å². The van der Waals surface area contributed by atoms with E-state index in [1.165, 1.54) is 6.08 Å². The van der Waals surface area contributed by atoms with Crippen molar-refractivity contribution < 1.29 is 32.2 Å². The summed E-state index contributed by atoms with van der Waals surface area (Å²) >= 11 is 0. The summed E-state index contributed by atoms with van der Waals surface area (Å²) in [5, 5.41) is -0.898. The Morgan fingerprint density at radius 3 is 1.80 bits per heavy atom. The minimum absolute atomic E-state index is 0.0785. The summed E-state index contributed by atoms with van der Waals surface area (Å²) in [6, 6.07) is 0. The van der Waals surface area contributed by atoms with E-state index in [0.29, 0.717) is 0 Å². The molecule has 0 aliphatic heterocycles. The topological polar surface area (TPSA) is 158 Å². The molecule has 0 bridgehead atoms. The smallest absolute Gasteiger partial charge is 0.329 e. The molecule has 0 amide bonds. The zero-order valence-electron chi connectivity index (χ0n) is 7.72. The van der Waals surface area contributed by atoms with Crippen molar-refractivity contribution in [1.29, 1.82) is 0 Å². The van der Waals surface area contributed by atoms with Crippen molar-refractivity contribution in [3.8, 4) is 0 Å². The first-order valence-electron chi connectivity index (χ1n) is 3.58. The Hall–Kier alpha value is -0.280. The summed E-state index contributed by atoms with van der Waals surface area (Å²) in [7, 11) is -8.61. The fourth-order valence-electron chi connectivity index (χ4n) is 0.525. The van der Waals surface area contributed by atoms with Gasteiger partial charge in [0.1, 0.15) is 5.25 Å². The minimum atomic E-state index is -4.64. The van der Waals surface area contributed by atoms with Crippen molar-refractivity contribution in [2.45, 2.75) is 11.7 Å². The lowest BCUT2D eigenvalue weighted by Gasteiger charge is -2.06. The molecule has 0 saturated carbocycles. The molecule has 0 fully saturated rings. The lowest BCUT2D eigenvalue weighted by atomic mass is 10.3. The van der Waals surface area contributed by atoms with Crippen LogP contribution in [0.25, 0.3) is 0 Å². The van der Waals surface area contributed by atoms with Crippen molar-refractivity contribution in [3.63, 3.8) is 0 Å².